The zero-order valence-electron chi connectivity index (χ0n) is 18.0. The molecule has 2 aliphatic heterocycles. The van der Waals surface area contributed by atoms with Crippen LogP contribution in [0.25, 0.3) is 0 Å². The lowest BCUT2D eigenvalue weighted by atomic mass is 9.75. The molecular formula is C21H29N3O6S. The number of amides is 3. The van der Waals surface area contributed by atoms with Gasteiger partial charge in [-0.05, 0) is 45.1 Å². The zero-order chi connectivity index (χ0) is 22.8. The Morgan fingerprint density at radius 2 is 1.97 bits per heavy atom. The maximum Gasteiger partial charge on any atom is 0.405 e. The third kappa shape index (κ3) is 4.39. The molecule has 0 radical (unpaired) electrons. The maximum atomic E-state index is 13.2. The van der Waals surface area contributed by atoms with Crippen molar-refractivity contribution in [2.24, 2.45) is 11.7 Å². The lowest BCUT2D eigenvalue weighted by molar-refractivity contribution is -0.156. The quantitative estimate of drug-likeness (QED) is 0.656. The number of likely N-dealkylation sites (tertiary alicyclic amines) is 2. The minimum atomic E-state index is -1.33. The first kappa shape index (κ1) is 23.1. The van der Waals surface area contributed by atoms with Gasteiger partial charge in [-0.1, -0.05) is 6.07 Å². The Bertz CT molecular complexity index is 832. The summed E-state index contributed by atoms with van der Waals surface area (Å²) in [5, 5.41) is 1.93. The number of hydrogen-bond donors (Lipinski definition) is 1. The highest BCUT2D eigenvalue weighted by Crippen LogP contribution is 2.46. The average Bonchev–Trinajstić information content (AvgIpc) is 3.27. The largest absolute Gasteiger partial charge is 0.466 e. The van der Waals surface area contributed by atoms with Crippen LogP contribution >= 0.6 is 11.3 Å². The van der Waals surface area contributed by atoms with Crippen molar-refractivity contribution in [3.05, 3.63) is 22.4 Å². The molecule has 2 N–H and O–H groups in total. The fraction of sp³-hybridized carbons (Fsp3) is 0.619. The standard InChI is InChI=1S/C21H29N3O6S/c1-4-29-19(27)16-17(30-20(22)28)18(26)24(13(2)3)21(16)7-9-23(10-8-21)15(25)12-14-6-5-11-31-14/h5-6,11,13,16-17H,4,7-10,12H2,1-3H3,(H2,22,28)/t16-,17+/m0/s1. The van der Waals surface area contributed by atoms with Crippen LogP contribution in [0.15, 0.2) is 17.5 Å². The van der Waals surface area contributed by atoms with Gasteiger partial charge in [-0.15, -0.1) is 11.3 Å². The topological polar surface area (TPSA) is 119 Å². The van der Waals surface area contributed by atoms with E-state index in [-0.39, 0.29) is 18.6 Å². The monoisotopic (exact) mass is 451 g/mol. The summed E-state index contributed by atoms with van der Waals surface area (Å²) in [5.41, 5.74) is 4.30. The Labute approximate surface area is 185 Å². The minimum Gasteiger partial charge on any atom is -0.466 e. The van der Waals surface area contributed by atoms with E-state index in [1.165, 1.54) is 11.3 Å². The zero-order valence-corrected chi connectivity index (χ0v) is 18.9. The van der Waals surface area contributed by atoms with Crippen molar-refractivity contribution in [1.29, 1.82) is 0 Å². The molecule has 31 heavy (non-hydrogen) atoms. The normalized spacial score (nSPS) is 22.8. The molecule has 1 aromatic rings. The molecular weight excluding hydrogens is 422 g/mol. The summed E-state index contributed by atoms with van der Waals surface area (Å²) in [6, 6.07) is 3.60. The number of carbonyl (C=O) groups excluding carboxylic acids is 4. The van der Waals surface area contributed by atoms with E-state index in [0.29, 0.717) is 32.4 Å². The molecule has 0 aliphatic carbocycles. The van der Waals surface area contributed by atoms with Crippen LogP contribution in [0.1, 0.15) is 38.5 Å². The first-order valence-electron chi connectivity index (χ1n) is 10.5. The van der Waals surface area contributed by atoms with Crippen molar-refractivity contribution in [1.82, 2.24) is 9.80 Å². The van der Waals surface area contributed by atoms with E-state index in [0.717, 1.165) is 4.88 Å². The van der Waals surface area contributed by atoms with Crippen LogP contribution in [0.4, 0.5) is 4.79 Å². The second-order valence-electron chi connectivity index (χ2n) is 8.13. The van der Waals surface area contributed by atoms with Crippen molar-refractivity contribution < 1.29 is 28.7 Å². The van der Waals surface area contributed by atoms with E-state index in [9.17, 15) is 19.2 Å². The summed E-state index contributed by atoms with van der Waals surface area (Å²) >= 11 is 1.53. The van der Waals surface area contributed by atoms with Crippen LogP contribution in [0.2, 0.25) is 0 Å². The number of nitrogens with zero attached hydrogens (tertiary/aromatic N) is 2. The smallest absolute Gasteiger partial charge is 0.405 e. The van der Waals surface area contributed by atoms with E-state index in [4.69, 9.17) is 15.2 Å². The number of primary amides is 1. The van der Waals surface area contributed by atoms with Crippen LogP contribution in [0.5, 0.6) is 0 Å². The number of carbonyl (C=O) groups is 4. The molecule has 1 spiro atoms. The summed E-state index contributed by atoms with van der Waals surface area (Å²) < 4.78 is 10.4. The van der Waals surface area contributed by atoms with Crippen LogP contribution in [-0.4, -0.2) is 71.1 Å². The molecule has 0 saturated carbocycles. The van der Waals surface area contributed by atoms with Crippen molar-refractivity contribution in [3.8, 4) is 0 Å². The van der Waals surface area contributed by atoms with Gasteiger partial charge in [0.1, 0.15) is 5.92 Å². The number of esters is 1. The third-order valence-electron chi connectivity index (χ3n) is 6.03. The summed E-state index contributed by atoms with van der Waals surface area (Å²) in [7, 11) is 0. The van der Waals surface area contributed by atoms with Gasteiger partial charge in [0.25, 0.3) is 5.91 Å². The van der Waals surface area contributed by atoms with Gasteiger partial charge < -0.3 is 25.0 Å². The molecule has 3 amide bonds. The number of nitrogens with two attached hydrogens (primary N) is 1. The number of thiophene rings is 1. The summed E-state index contributed by atoms with van der Waals surface area (Å²) in [6.45, 7) is 6.29. The van der Waals surface area contributed by atoms with Crippen molar-refractivity contribution in [2.45, 2.75) is 57.7 Å². The van der Waals surface area contributed by atoms with Crippen molar-refractivity contribution in [2.75, 3.05) is 19.7 Å². The van der Waals surface area contributed by atoms with Crippen LogP contribution < -0.4 is 5.73 Å². The molecule has 0 unspecified atom stereocenters. The highest BCUT2D eigenvalue weighted by molar-refractivity contribution is 7.10. The summed E-state index contributed by atoms with van der Waals surface area (Å²) in [4.78, 5) is 54.8. The predicted octanol–water partition coefficient (Wildman–Crippen LogP) is 1.55. The fourth-order valence-corrected chi connectivity index (χ4v) is 5.58. The van der Waals surface area contributed by atoms with Crippen LogP contribution in [0, 0.1) is 5.92 Å². The average molecular weight is 452 g/mol. The summed E-state index contributed by atoms with van der Waals surface area (Å²) in [6.07, 6.45) is -1.35. The van der Waals surface area contributed by atoms with Gasteiger partial charge >= 0.3 is 12.1 Å². The minimum absolute atomic E-state index is 0.00958. The predicted molar refractivity (Wildman–Crippen MR) is 113 cm³/mol. The molecule has 170 valence electrons. The molecule has 9 nitrogen and oxygen atoms in total. The Morgan fingerprint density at radius 3 is 2.48 bits per heavy atom. The lowest BCUT2D eigenvalue weighted by Crippen LogP contribution is -2.60. The summed E-state index contributed by atoms with van der Waals surface area (Å²) in [5.74, 6) is -2.03. The van der Waals surface area contributed by atoms with Crippen LogP contribution in [0.3, 0.4) is 0 Å². The maximum absolute atomic E-state index is 13.2. The molecule has 0 bridgehead atoms. The molecule has 3 heterocycles. The second kappa shape index (κ2) is 9.25. The molecule has 0 aromatic carbocycles. The van der Waals surface area contributed by atoms with Gasteiger partial charge in [-0.3, -0.25) is 14.4 Å². The third-order valence-corrected chi connectivity index (χ3v) is 6.91. The van der Waals surface area contributed by atoms with E-state index in [2.05, 4.69) is 0 Å². The van der Waals surface area contributed by atoms with Gasteiger partial charge in [-0.2, -0.15) is 0 Å². The molecule has 3 rings (SSSR count). The molecule has 2 fully saturated rings. The van der Waals surface area contributed by atoms with Gasteiger partial charge in [0.05, 0.1) is 18.6 Å². The first-order chi connectivity index (χ1) is 14.7. The number of piperidine rings is 1. The molecule has 1 aromatic heterocycles. The number of hydrogen-bond acceptors (Lipinski definition) is 7. The molecule has 2 aliphatic rings. The number of rotatable bonds is 6. The van der Waals surface area contributed by atoms with E-state index >= 15 is 0 Å². The van der Waals surface area contributed by atoms with Gasteiger partial charge in [0, 0.05) is 24.0 Å². The van der Waals surface area contributed by atoms with Gasteiger partial charge in [-0.25, -0.2) is 4.79 Å². The van der Waals surface area contributed by atoms with E-state index in [1.54, 1.807) is 16.7 Å². The Morgan fingerprint density at radius 1 is 1.29 bits per heavy atom. The first-order valence-corrected chi connectivity index (χ1v) is 11.3. The number of ether oxygens (including phenoxy) is 2. The SMILES string of the molecule is CCOC(=O)[C@@H]1[C@@H](OC(N)=O)C(=O)N(C(C)C)C12CCN(C(=O)Cc1cccs1)CC2. The van der Waals surface area contributed by atoms with Crippen molar-refractivity contribution in [3.63, 3.8) is 0 Å². The van der Waals surface area contributed by atoms with Gasteiger partial charge in [0.15, 0.2) is 6.10 Å². The molecule has 10 heteroatoms. The van der Waals surface area contributed by atoms with E-state index in [1.807, 2.05) is 31.4 Å². The molecule has 2 saturated heterocycles. The van der Waals surface area contributed by atoms with E-state index < -0.39 is 35.5 Å². The molecule has 2 atom stereocenters. The lowest BCUT2D eigenvalue weighted by Gasteiger charge is -2.48. The fourth-order valence-electron chi connectivity index (χ4n) is 4.89. The van der Waals surface area contributed by atoms with Gasteiger partial charge in [0.2, 0.25) is 5.91 Å². The van der Waals surface area contributed by atoms with Crippen molar-refractivity contribution >= 4 is 35.2 Å². The Balaban J connectivity index is 1.87. The highest BCUT2D eigenvalue weighted by Gasteiger charge is 2.64. The Hall–Kier alpha value is -2.62. The van der Waals surface area contributed by atoms with Crippen LogP contribution in [-0.2, 0) is 30.3 Å². The Kier molecular flexibility index (Phi) is 6.88. The second-order valence-corrected chi connectivity index (χ2v) is 9.16. The highest BCUT2D eigenvalue weighted by atomic mass is 32.1.